The molecule has 6 heteroatoms. The fraction of sp³-hybridized carbons (Fsp3) is 0.500. The topological polar surface area (TPSA) is 49.3 Å². The number of aliphatic carboxylic acids is 1. The van der Waals surface area contributed by atoms with E-state index in [2.05, 4.69) is 21.2 Å². The molecule has 0 aliphatic carbocycles. The van der Waals surface area contributed by atoms with Gasteiger partial charge in [-0.05, 0) is 27.9 Å². The summed E-state index contributed by atoms with van der Waals surface area (Å²) in [5.74, 6) is -0.770. The molecule has 0 aromatic carbocycles. The Labute approximate surface area is 112 Å². The van der Waals surface area contributed by atoms with Crippen molar-refractivity contribution in [3.05, 3.63) is 19.8 Å². The second-order valence-corrected chi connectivity index (χ2v) is 6.37. The predicted molar refractivity (Wildman–Crippen MR) is 70.1 cm³/mol. The number of hydrogen-bond acceptors (Lipinski definition) is 3. The highest BCUT2D eigenvalue weighted by Crippen LogP contribution is 2.31. The van der Waals surface area contributed by atoms with Gasteiger partial charge in [0.2, 0.25) is 0 Å². The van der Waals surface area contributed by atoms with Crippen molar-refractivity contribution in [2.75, 3.05) is 0 Å². The van der Waals surface area contributed by atoms with Crippen molar-refractivity contribution in [2.45, 2.75) is 26.4 Å². The Morgan fingerprint density at radius 3 is 2.69 bits per heavy atom. The molecule has 90 valence electrons. The summed E-state index contributed by atoms with van der Waals surface area (Å²) in [6.07, 6.45) is 0. The van der Waals surface area contributed by atoms with Gasteiger partial charge in [-0.25, -0.2) is 0 Å². The lowest BCUT2D eigenvalue weighted by atomic mass is 10.1. The molecule has 1 unspecified atom stereocenters. The van der Waals surface area contributed by atoms with Crippen molar-refractivity contribution in [3.63, 3.8) is 0 Å². The molecule has 0 spiro atoms. The van der Waals surface area contributed by atoms with Crippen LogP contribution in [0.2, 0.25) is 4.34 Å². The first-order valence-electron chi connectivity index (χ1n) is 4.81. The molecule has 3 nitrogen and oxygen atoms in total. The summed E-state index contributed by atoms with van der Waals surface area (Å²) in [5.41, 5.74) is 0. The molecule has 0 fully saturated rings. The molecule has 1 atom stereocenters. The maximum atomic E-state index is 10.9. The van der Waals surface area contributed by atoms with Crippen LogP contribution in [-0.4, -0.2) is 17.1 Å². The minimum absolute atomic E-state index is 0.0522. The Bertz CT molecular complexity index is 361. The van der Waals surface area contributed by atoms with Gasteiger partial charge in [0.25, 0.3) is 0 Å². The lowest BCUT2D eigenvalue weighted by molar-refractivity contribution is -0.140. The van der Waals surface area contributed by atoms with E-state index in [1.807, 2.05) is 19.9 Å². The van der Waals surface area contributed by atoms with E-state index >= 15 is 0 Å². The number of carboxylic acids is 1. The van der Waals surface area contributed by atoms with Crippen molar-refractivity contribution in [1.29, 1.82) is 0 Å². The molecule has 1 aromatic rings. The summed E-state index contributed by atoms with van der Waals surface area (Å²) in [6, 6.07) is 1.37. The molecular weight excluding hydrogens is 314 g/mol. The number of nitrogens with one attached hydrogen (secondary N) is 1. The van der Waals surface area contributed by atoms with Crippen molar-refractivity contribution in [1.82, 2.24) is 5.32 Å². The molecule has 1 rings (SSSR count). The predicted octanol–water partition coefficient (Wildman–Crippen LogP) is 3.36. The van der Waals surface area contributed by atoms with E-state index in [9.17, 15) is 4.79 Å². The minimum atomic E-state index is -0.822. The maximum absolute atomic E-state index is 10.9. The molecule has 0 aliphatic rings. The monoisotopic (exact) mass is 325 g/mol. The summed E-state index contributed by atoms with van der Waals surface area (Å²) < 4.78 is 1.54. The van der Waals surface area contributed by atoms with Crippen molar-refractivity contribution in [3.8, 4) is 0 Å². The molecule has 0 aliphatic heterocycles. The number of rotatable bonds is 5. The first kappa shape index (κ1) is 14.0. The number of hydrogen-bond donors (Lipinski definition) is 2. The standard InChI is InChI=1S/C10H13BrClNO2S/c1-5(2)8(10(14)15)13-4-6-3-7(11)9(12)16-6/h3,5,8,13H,4H2,1-2H3,(H,14,15). The fourth-order valence-corrected chi connectivity index (χ4v) is 3.04. The van der Waals surface area contributed by atoms with E-state index in [4.69, 9.17) is 16.7 Å². The summed E-state index contributed by atoms with van der Waals surface area (Å²) in [6.45, 7) is 4.28. The van der Waals surface area contributed by atoms with E-state index in [0.717, 1.165) is 9.35 Å². The SMILES string of the molecule is CC(C)C(NCc1cc(Br)c(Cl)s1)C(=O)O. The number of thiophene rings is 1. The molecule has 0 radical (unpaired) electrons. The Morgan fingerprint density at radius 2 is 2.31 bits per heavy atom. The van der Waals surface area contributed by atoms with Gasteiger partial charge in [-0.3, -0.25) is 10.1 Å². The summed E-state index contributed by atoms with van der Waals surface area (Å²) in [7, 11) is 0. The fourth-order valence-electron chi connectivity index (χ4n) is 1.30. The first-order valence-corrected chi connectivity index (χ1v) is 6.80. The lowest BCUT2D eigenvalue weighted by Crippen LogP contribution is -2.40. The average molecular weight is 327 g/mol. The molecule has 1 heterocycles. The normalized spacial score (nSPS) is 13.1. The summed E-state index contributed by atoms with van der Waals surface area (Å²) in [5, 5.41) is 12.0. The Kier molecular flexibility index (Phi) is 5.24. The zero-order valence-corrected chi connectivity index (χ0v) is 12.1. The molecule has 1 aromatic heterocycles. The van der Waals surface area contributed by atoms with Crippen LogP contribution in [0.3, 0.4) is 0 Å². The van der Waals surface area contributed by atoms with Gasteiger partial charge in [0.15, 0.2) is 0 Å². The van der Waals surface area contributed by atoms with Gasteiger partial charge in [0.05, 0.1) is 0 Å². The quantitative estimate of drug-likeness (QED) is 0.872. The summed E-state index contributed by atoms with van der Waals surface area (Å²) in [4.78, 5) is 12.0. The minimum Gasteiger partial charge on any atom is -0.480 e. The van der Waals surface area contributed by atoms with Gasteiger partial charge >= 0.3 is 5.97 Å². The Hall–Kier alpha value is -0.100. The highest BCUT2D eigenvalue weighted by atomic mass is 79.9. The van der Waals surface area contributed by atoms with E-state index in [1.165, 1.54) is 11.3 Å². The van der Waals surface area contributed by atoms with Gasteiger partial charge in [-0.2, -0.15) is 0 Å². The summed E-state index contributed by atoms with van der Waals surface area (Å²) >= 11 is 10.7. The zero-order valence-electron chi connectivity index (χ0n) is 8.96. The van der Waals surface area contributed by atoms with Gasteiger partial charge in [0, 0.05) is 15.9 Å². The van der Waals surface area contributed by atoms with Crippen LogP contribution in [0.4, 0.5) is 0 Å². The largest absolute Gasteiger partial charge is 0.480 e. The van der Waals surface area contributed by atoms with Crippen LogP contribution in [0.25, 0.3) is 0 Å². The number of halogens is 2. The number of carboxylic acid groups (broad SMARTS) is 1. The van der Waals surface area contributed by atoms with E-state index in [1.54, 1.807) is 0 Å². The Morgan fingerprint density at radius 1 is 1.69 bits per heavy atom. The van der Waals surface area contributed by atoms with Gasteiger partial charge in [-0.1, -0.05) is 25.4 Å². The molecule has 0 saturated heterocycles. The van der Waals surface area contributed by atoms with Gasteiger partial charge in [0.1, 0.15) is 10.4 Å². The second-order valence-electron chi connectivity index (χ2n) is 3.78. The van der Waals surface area contributed by atoms with E-state index in [-0.39, 0.29) is 5.92 Å². The third-order valence-electron chi connectivity index (χ3n) is 2.13. The number of carbonyl (C=O) groups is 1. The van der Waals surface area contributed by atoms with Crippen LogP contribution in [0.15, 0.2) is 10.5 Å². The van der Waals surface area contributed by atoms with Crippen LogP contribution >= 0.6 is 38.9 Å². The molecular formula is C10H13BrClNO2S. The van der Waals surface area contributed by atoms with Crippen LogP contribution < -0.4 is 5.32 Å². The van der Waals surface area contributed by atoms with Gasteiger partial charge < -0.3 is 5.11 Å². The lowest BCUT2D eigenvalue weighted by Gasteiger charge is -2.17. The third kappa shape index (κ3) is 3.73. The van der Waals surface area contributed by atoms with Crippen LogP contribution in [0, 0.1) is 5.92 Å². The van der Waals surface area contributed by atoms with Crippen LogP contribution in [-0.2, 0) is 11.3 Å². The average Bonchev–Trinajstić information content (AvgIpc) is 2.45. The van der Waals surface area contributed by atoms with Gasteiger partial charge in [-0.15, -0.1) is 11.3 Å². The van der Waals surface area contributed by atoms with Crippen LogP contribution in [0.5, 0.6) is 0 Å². The van der Waals surface area contributed by atoms with Crippen molar-refractivity contribution >= 4 is 44.8 Å². The Balaban J connectivity index is 2.59. The molecule has 0 saturated carbocycles. The molecule has 16 heavy (non-hydrogen) atoms. The zero-order chi connectivity index (χ0) is 12.3. The molecule has 2 N–H and O–H groups in total. The van der Waals surface area contributed by atoms with Crippen molar-refractivity contribution in [2.24, 2.45) is 5.92 Å². The van der Waals surface area contributed by atoms with E-state index < -0.39 is 12.0 Å². The third-order valence-corrected chi connectivity index (χ3v) is 4.60. The second kappa shape index (κ2) is 6.00. The maximum Gasteiger partial charge on any atom is 0.320 e. The van der Waals surface area contributed by atoms with Crippen molar-refractivity contribution < 1.29 is 9.90 Å². The smallest absolute Gasteiger partial charge is 0.320 e. The highest BCUT2D eigenvalue weighted by molar-refractivity contribution is 9.10. The first-order chi connectivity index (χ1) is 7.41. The highest BCUT2D eigenvalue weighted by Gasteiger charge is 2.20. The molecule has 0 bridgehead atoms. The van der Waals surface area contributed by atoms with E-state index in [0.29, 0.717) is 10.9 Å². The molecule has 0 amide bonds. The van der Waals surface area contributed by atoms with Crippen LogP contribution in [0.1, 0.15) is 18.7 Å².